The number of nitrogens with two attached hydrogens (primary N) is 1. The summed E-state index contributed by atoms with van der Waals surface area (Å²) < 4.78 is 0. The van der Waals surface area contributed by atoms with Crippen molar-refractivity contribution in [3.63, 3.8) is 0 Å². The molecule has 0 aliphatic carbocycles. The van der Waals surface area contributed by atoms with Crippen LogP contribution in [0.4, 0.5) is 5.69 Å². The third-order valence-corrected chi connectivity index (χ3v) is 3.14. The van der Waals surface area contributed by atoms with Crippen LogP contribution in [-0.4, -0.2) is 18.4 Å². The van der Waals surface area contributed by atoms with Gasteiger partial charge in [-0.1, -0.05) is 12.1 Å². The third-order valence-electron chi connectivity index (χ3n) is 3.14. The molecular weight excluding hydrogens is 230 g/mol. The maximum absolute atomic E-state index is 11.9. The molecule has 0 saturated carbocycles. The molecule has 0 aromatic heterocycles. The van der Waals surface area contributed by atoms with Crippen molar-refractivity contribution in [3.05, 3.63) is 29.8 Å². The Bertz CT molecular complexity index is 456. The first kappa shape index (κ1) is 12.4. The molecule has 0 bridgehead atoms. The summed E-state index contributed by atoms with van der Waals surface area (Å²) in [5, 5.41) is 5.56. The zero-order valence-electron chi connectivity index (χ0n) is 10.3. The van der Waals surface area contributed by atoms with Crippen molar-refractivity contribution in [1.82, 2.24) is 10.6 Å². The number of nitrogens with one attached hydrogen (secondary N) is 2. The lowest BCUT2D eigenvalue weighted by Crippen LogP contribution is -2.33. The van der Waals surface area contributed by atoms with E-state index in [1.807, 2.05) is 19.1 Å². The van der Waals surface area contributed by atoms with E-state index < -0.39 is 0 Å². The fraction of sp³-hybridized carbons (Fsp3) is 0.385. The van der Waals surface area contributed by atoms with Crippen LogP contribution < -0.4 is 16.4 Å². The van der Waals surface area contributed by atoms with Crippen molar-refractivity contribution in [2.45, 2.75) is 19.4 Å². The normalized spacial score (nSPS) is 20.3. The number of hydrogen-bond acceptors (Lipinski definition) is 3. The van der Waals surface area contributed by atoms with Gasteiger partial charge in [0.15, 0.2) is 0 Å². The van der Waals surface area contributed by atoms with Crippen LogP contribution in [0.15, 0.2) is 24.3 Å². The van der Waals surface area contributed by atoms with E-state index in [1.165, 1.54) is 0 Å². The lowest BCUT2D eigenvalue weighted by Gasteiger charge is -2.16. The Kier molecular flexibility index (Phi) is 3.50. The molecule has 2 atom stereocenters. The molecule has 4 N–H and O–H groups in total. The minimum atomic E-state index is -0.256. The maximum Gasteiger partial charge on any atom is 0.225 e. The molecule has 1 saturated heterocycles. The summed E-state index contributed by atoms with van der Waals surface area (Å²) in [5.74, 6) is -0.401. The molecule has 96 valence electrons. The predicted octanol–water partition coefficient (Wildman–Crippen LogP) is 0.582. The largest absolute Gasteiger partial charge is 0.399 e. The molecule has 2 unspecified atom stereocenters. The third kappa shape index (κ3) is 2.80. The van der Waals surface area contributed by atoms with Gasteiger partial charge in [-0.2, -0.15) is 0 Å². The molecule has 1 aromatic carbocycles. The van der Waals surface area contributed by atoms with Crippen LogP contribution in [-0.2, 0) is 9.59 Å². The fourth-order valence-electron chi connectivity index (χ4n) is 1.99. The van der Waals surface area contributed by atoms with Crippen LogP contribution in [0.3, 0.4) is 0 Å². The Labute approximate surface area is 106 Å². The summed E-state index contributed by atoms with van der Waals surface area (Å²) in [7, 11) is 0. The highest BCUT2D eigenvalue weighted by Gasteiger charge is 2.28. The first-order valence-corrected chi connectivity index (χ1v) is 5.99. The smallest absolute Gasteiger partial charge is 0.225 e. The molecule has 1 aliphatic heterocycles. The lowest BCUT2D eigenvalue weighted by atomic mass is 10.0. The van der Waals surface area contributed by atoms with E-state index >= 15 is 0 Å². The van der Waals surface area contributed by atoms with E-state index in [0.29, 0.717) is 12.2 Å². The van der Waals surface area contributed by atoms with E-state index in [4.69, 9.17) is 5.73 Å². The molecule has 5 nitrogen and oxygen atoms in total. The average molecular weight is 247 g/mol. The zero-order chi connectivity index (χ0) is 13.1. The summed E-state index contributed by atoms with van der Waals surface area (Å²) in [6, 6.07) is 7.29. The van der Waals surface area contributed by atoms with E-state index in [0.717, 1.165) is 5.56 Å². The van der Waals surface area contributed by atoms with Crippen molar-refractivity contribution in [1.29, 1.82) is 0 Å². The molecule has 5 heteroatoms. The highest BCUT2D eigenvalue weighted by Crippen LogP contribution is 2.16. The average Bonchev–Trinajstić information content (AvgIpc) is 2.76. The van der Waals surface area contributed by atoms with E-state index in [2.05, 4.69) is 10.6 Å². The van der Waals surface area contributed by atoms with Crippen molar-refractivity contribution in [2.24, 2.45) is 5.92 Å². The number of carbonyl (C=O) groups is 2. The fourth-order valence-corrected chi connectivity index (χ4v) is 1.99. The number of hydrogen-bond donors (Lipinski definition) is 3. The van der Waals surface area contributed by atoms with E-state index in [9.17, 15) is 9.59 Å². The van der Waals surface area contributed by atoms with Crippen LogP contribution >= 0.6 is 0 Å². The Morgan fingerprint density at radius 1 is 1.44 bits per heavy atom. The van der Waals surface area contributed by atoms with Gasteiger partial charge in [0.2, 0.25) is 11.8 Å². The second-order valence-electron chi connectivity index (χ2n) is 4.60. The molecule has 1 heterocycles. The Morgan fingerprint density at radius 2 is 2.11 bits per heavy atom. The second kappa shape index (κ2) is 5.08. The molecule has 2 rings (SSSR count). The second-order valence-corrected chi connectivity index (χ2v) is 4.60. The van der Waals surface area contributed by atoms with Gasteiger partial charge >= 0.3 is 0 Å². The molecule has 1 aromatic rings. The van der Waals surface area contributed by atoms with Gasteiger partial charge in [0, 0.05) is 18.7 Å². The van der Waals surface area contributed by atoms with Gasteiger partial charge in [-0.25, -0.2) is 0 Å². The zero-order valence-corrected chi connectivity index (χ0v) is 10.3. The van der Waals surface area contributed by atoms with Crippen LogP contribution in [0.2, 0.25) is 0 Å². The number of carbonyl (C=O) groups excluding carboxylic acids is 2. The highest BCUT2D eigenvalue weighted by molar-refractivity contribution is 5.89. The lowest BCUT2D eigenvalue weighted by molar-refractivity contribution is -0.127. The number of benzene rings is 1. The quantitative estimate of drug-likeness (QED) is 0.683. The van der Waals surface area contributed by atoms with Crippen LogP contribution in [0.1, 0.15) is 24.9 Å². The van der Waals surface area contributed by atoms with Gasteiger partial charge in [-0.3, -0.25) is 9.59 Å². The van der Waals surface area contributed by atoms with E-state index in [1.54, 1.807) is 12.1 Å². The molecular formula is C13H17N3O2. The molecule has 2 amide bonds. The van der Waals surface area contributed by atoms with Gasteiger partial charge in [-0.05, 0) is 24.6 Å². The Morgan fingerprint density at radius 3 is 2.67 bits per heavy atom. The summed E-state index contributed by atoms with van der Waals surface area (Å²) in [6.07, 6.45) is 0.278. The maximum atomic E-state index is 11.9. The summed E-state index contributed by atoms with van der Waals surface area (Å²) in [4.78, 5) is 23.0. The van der Waals surface area contributed by atoms with E-state index in [-0.39, 0.29) is 30.2 Å². The van der Waals surface area contributed by atoms with Crippen molar-refractivity contribution in [2.75, 3.05) is 12.3 Å². The van der Waals surface area contributed by atoms with Gasteiger partial charge in [0.25, 0.3) is 0 Å². The summed E-state index contributed by atoms with van der Waals surface area (Å²) in [5.41, 5.74) is 7.30. The molecule has 1 fully saturated rings. The van der Waals surface area contributed by atoms with Gasteiger partial charge in [0.1, 0.15) is 0 Å². The van der Waals surface area contributed by atoms with Crippen LogP contribution in [0.5, 0.6) is 0 Å². The summed E-state index contributed by atoms with van der Waals surface area (Å²) >= 11 is 0. The molecule has 0 radical (unpaired) electrons. The van der Waals surface area contributed by atoms with Gasteiger partial charge in [-0.15, -0.1) is 0 Å². The first-order chi connectivity index (χ1) is 8.56. The van der Waals surface area contributed by atoms with Crippen molar-refractivity contribution >= 4 is 17.5 Å². The number of nitrogen functional groups attached to an aromatic ring is 1. The molecule has 1 aliphatic rings. The minimum Gasteiger partial charge on any atom is -0.399 e. The number of amides is 2. The highest BCUT2D eigenvalue weighted by atomic mass is 16.2. The topological polar surface area (TPSA) is 84.2 Å². The number of rotatable bonds is 3. The number of anilines is 1. The van der Waals surface area contributed by atoms with Crippen molar-refractivity contribution < 1.29 is 9.59 Å². The molecule has 18 heavy (non-hydrogen) atoms. The first-order valence-electron chi connectivity index (χ1n) is 5.99. The monoisotopic (exact) mass is 247 g/mol. The Hall–Kier alpha value is -2.04. The van der Waals surface area contributed by atoms with Crippen LogP contribution in [0.25, 0.3) is 0 Å². The SMILES string of the molecule is CC(NC(=O)C1CNC(=O)C1)c1ccc(N)cc1. The summed E-state index contributed by atoms with van der Waals surface area (Å²) in [6.45, 7) is 2.34. The Balaban J connectivity index is 1.94. The standard InChI is InChI=1S/C13H17N3O2/c1-8(9-2-4-11(14)5-3-9)16-13(18)10-6-12(17)15-7-10/h2-5,8,10H,6-7,14H2,1H3,(H,15,17)(H,16,18). The molecule has 0 spiro atoms. The minimum absolute atomic E-state index is 0.0599. The van der Waals surface area contributed by atoms with Crippen LogP contribution in [0, 0.1) is 5.92 Å². The van der Waals surface area contributed by atoms with Crippen molar-refractivity contribution in [3.8, 4) is 0 Å². The predicted molar refractivity (Wildman–Crippen MR) is 68.5 cm³/mol. The van der Waals surface area contributed by atoms with Gasteiger partial charge < -0.3 is 16.4 Å². The van der Waals surface area contributed by atoms with Gasteiger partial charge in [0.05, 0.1) is 12.0 Å².